The summed E-state index contributed by atoms with van der Waals surface area (Å²) in [5, 5.41) is 2.86. The molecule has 10 heteroatoms. The van der Waals surface area contributed by atoms with Gasteiger partial charge in [-0.15, -0.1) is 0 Å². The number of benzene rings is 1. The molecular formula is C17H25N5O4S. The molecule has 1 saturated heterocycles. The van der Waals surface area contributed by atoms with Gasteiger partial charge in [0.25, 0.3) is 10.2 Å². The van der Waals surface area contributed by atoms with Crippen LogP contribution in [0.3, 0.4) is 0 Å². The quantitative estimate of drug-likeness (QED) is 0.807. The summed E-state index contributed by atoms with van der Waals surface area (Å²) in [4.78, 5) is 24.7. The van der Waals surface area contributed by atoms with E-state index in [4.69, 9.17) is 0 Å². The van der Waals surface area contributed by atoms with Gasteiger partial charge in [0.1, 0.15) is 0 Å². The van der Waals surface area contributed by atoms with Gasteiger partial charge in [0.05, 0.1) is 17.0 Å². The maximum Gasteiger partial charge on any atom is 0.328 e. The second kappa shape index (κ2) is 7.10. The number of aromatic nitrogens is 2. The molecule has 1 aliphatic rings. The first-order valence-electron chi connectivity index (χ1n) is 8.77. The highest BCUT2D eigenvalue weighted by Gasteiger charge is 2.33. The largest absolute Gasteiger partial charge is 0.328 e. The predicted molar refractivity (Wildman–Crippen MR) is 104 cm³/mol. The molecular weight excluding hydrogens is 370 g/mol. The lowest BCUT2D eigenvalue weighted by molar-refractivity contribution is -0.120. The number of nitrogens with zero attached hydrogens (tertiary/aromatic N) is 4. The molecule has 1 N–H and O–H groups in total. The topological polar surface area (TPSA) is 96.7 Å². The monoisotopic (exact) mass is 395 g/mol. The summed E-state index contributed by atoms with van der Waals surface area (Å²) in [6.07, 6.45) is 1.27. The molecule has 0 spiro atoms. The average Bonchev–Trinajstić information content (AvgIpc) is 2.85. The van der Waals surface area contributed by atoms with Gasteiger partial charge in [0.2, 0.25) is 5.91 Å². The molecule has 0 saturated carbocycles. The van der Waals surface area contributed by atoms with Gasteiger partial charge < -0.3 is 5.32 Å². The van der Waals surface area contributed by atoms with Crippen LogP contribution in [0.2, 0.25) is 0 Å². The summed E-state index contributed by atoms with van der Waals surface area (Å²) < 4.78 is 30.2. The fourth-order valence-electron chi connectivity index (χ4n) is 3.43. The second-order valence-electron chi connectivity index (χ2n) is 7.08. The molecule has 1 amide bonds. The van der Waals surface area contributed by atoms with Crippen LogP contribution in [0.1, 0.15) is 12.8 Å². The molecule has 27 heavy (non-hydrogen) atoms. The standard InChI is InChI=1S/C17H25N5O4S/c1-19(2)27(25,26)22-9-5-6-12(11-22)16(23)18-13-7-8-14-15(10-13)21(4)17(24)20(14)3/h7-8,10,12H,5-6,9,11H2,1-4H3,(H,18,23). The lowest BCUT2D eigenvalue weighted by Gasteiger charge is -2.32. The van der Waals surface area contributed by atoms with Crippen molar-refractivity contribution in [3.05, 3.63) is 28.7 Å². The highest BCUT2D eigenvalue weighted by molar-refractivity contribution is 7.86. The van der Waals surface area contributed by atoms with Crippen molar-refractivity contribution in [1.29, 1.82) is 0 Å². The molecule has 0 bridgehead atoms. The number of hydrogen-bond acceptors (Lipinski definition) is 4. The van der Waals surface area contributed by atoms with E-state index >= 15 is 0 Å². The Morgan fingerprint density at radius 2 is 1.85 bits per heavy atom. The van der Waals surface area contributed by atoms with E-state index < -0.39 is 16.1 Å². The van der Waals surface area contributed by atoms with Crippen LogP contribution < -0.4 is 11.0 Å². The second-order valence-corrected chi connectivity index (χ2v) is 9.22. The zero-order chi connectivity index (χ0) is 19.9. The van der Waals surface area contributed by atoms with Crippen LogP contribution in [0, 0.1) is 5.92 Å². The molecule has 9 nitrogen and oxygen atoms in total. The number of imidazole rings is 1. The third kappa shape index (κ3) is 3.52. The molecule has 3 rings (SSSR count). The van der Waals surface area contributed by atoms with Gasteiger partial charge in [-0.3, -0.25) is 13.9 Å². The van der Waals surface area contributed by atoms with E-state index in [1.807, 2.05) is 0 Å². The zero-order valence-corrected chi connectivity index (χ0v) is 16.8. The van der Waals surface area contributed by atoms with Crippen LogP contribution in [0.5, 0.6) is 0 Å². The van der Waals surface area contributed by atoms with Gasteiger partial charge in [0, 0.05) is 47.0 Å². The Hall–Kier alpha value is -2.17. The van der Waals surface area contributed by atoms with Gasteiger partial charge >= 0.3 is 5.69 Å². The summed E-state index contributed by atoms with van der Waals surface area (Å²) in [6, 6.07) is 5.29. The van der Waals surface area contributed by atoms with Crippen molar-refractivity contribution in [2.24, 2.45) is 20.0 Å². The Morgan fingerprint density at radius 3 is 2.52 bits per heavy atom. The van der Waals surface area contributed by atoms with Crippen LogP contribution in [0.25, 0.3) is 11.0 Å². The van der Waals surface area contributed by atoms with Crippen molar-refractivity contribution >= 4 is 32.8 Å². The minimum atomic E-state index is -3.53. The molecule has 0 aliphatic carbocycles. The molecule has 1 aliphatic heterocycles. The van der Waals surface area contributed by atoms with Crippen LogP contribution in [0.4, 0.5) is 5.69 Å². The minimum absolute atomic E-state index is 0.134. The van der Waals surface area contributed by atoms with Gasteiger partial charge in [-0.05, 0) is 31.0 Å². The number of aryl methyl sites for hydroxylation is 2. The summed E-state index contributed by atoms with van der Waals surface area (Å²) in [7, 11) is 2.82. The number of carbonyl (C=O) groups is 1. The third-order valence-corrected chi connectivity index (χ3v) is 6.99. The molecule has 148 valence electrons. The first kappa shape index (κ1) is 19.6. The highest BCUT2D eigenvalue weighted by Crippen LogP contribution is 2.23. The average molecular weight is 395 g/mol. The number of amides is 1. The summed E-state index contributed by atoms with van der Waals surface area (Å²) in [5.74, 6) is -0.627. The molecule has 0 radical (unpaired) electrons. The summed E-state index contributed by atoms with van der Waals surface area (Å²) in [5.41, 5.74) is 1.95. The van der Waals surface area contributed by atoms with Gasteiger partial charge in [-0.25, -0.2) is 4.79 Å². The minimum Gasteiger partial charge on any atom is -0.326 e. The number of rotatable bonds is 4. The van der Waals surface area contributed by atoms with E-state index in [1.54, 1.807) is 36.9 Å². The lowest BCUT2D eigenvalue weighted by Crippen LogP contribution is -2.47. The number of piperidine rings is 1. The Balaban J connectivity index is 1.78. The first-order valence-corrected chi connectivity index (χ1v) is 10.2. The molecule has 1 atom stereocenters. The summed E-state index contributed by atoms with van der Waals surface area (Å²) >= 11 is 0. The summed E-state index contributed by atoms with van der Waals surface area (Å²) in [6.45, 7) is 0.584. The molecule has 1 fully saturated rings. The Morgan fingerprint density at radius 1 is 1.19 bits per heavy atom. The van der Waals surface area contributed by atoms with Gasteiger partial charge in [0.15, 0.2) is 0 Å². The van der Waals surface area contributed by atoms with Crippen molar-refractivity contribution in [3.8, 4) is 0 Å². The Kier molecular flexibility index (Phi) is 5.15. The van der Waals surface area contributed by atoms with Crippen LogP contribution >= 0.6 is 0 Å². The predicted octanol–water partition coefficient (Wildman–Crippen LogP) is 0.334. The number of carbonyl (C=O) groups excluding carboxylic acids is 1. The van der Waals surface area contributed by atoms with Crippen molar-refractivity contribution in [2.45, 2.75) is 12.8 Å². The van der Waals surface area contributed by atoms with Crippen LogP contribution in [0.15, 0.2) is 23.0 Å². The first-order chi connectivity index (χ1) is 12.6. The molecule has 2 aromatic rings. The maximum atomic E-state index is 12.7. The number of nitrogens with one attached hydrogen (secondary N) is 1. The van der Waals surface area contributed by atoms with E-state index in [9.17, 15) is 18.0 Å². The van der Waals surface area contributed by atoms with Crippen molar-refractivity contribution in [1.82, 2.24) is 17.7 Å². The smallest absolute Gasteiger partial charge is 0.326 e. The van der Waals surface area contributed by atoms with Gasteiger partial charge in [-0.1, -0.05) is 0 Å². The molecule has 1 unspecified atom stereocenters. The van der Waals surface area contributed by atoms with Crippen LogP contribution in [-0.2, 0) is 29.1 Å². The van der Waals surface area contributed by atoms with E-state index in [0.717, 1.165) is 15.3 Å². The third-order valence-electron chi connectivity index (χ3n) is 5.08. The Bertz CT molecular complexity index is 1040. The van der Waals surface area contributed by atoms with Crippen molar-refractivity contribution in [2.75, 3.05) is 32.5 Å². The maximum absolute atomic E-state index is 12.7. The van der Waals surface area contributed by atoms with Gasteiger partial charge in [-0.2, -0.15) is 17.0 Å². The van der Waals surface area contributed by atoms with E-state index in [-0.39, 0.29) is 18.1 Å². The highest BCUT2D eigenvalue weighted by atomic mass is 32.2. The fraction of sp³-hybridized carbons (Fsp3) is 0.529. The van der Waals surface area contributed by atoms with Crippen LogP contribution in [-0.4, -0.2) is 59.3 Å². The Labute approximate surface area is 158 Å². The molecule has 1 aromatic carbocycles. The fourth-order valence-corrected chi connectivity index (χ4v) is 4.62. The van der Waals surface area contributed by atoms with Crippen molar-refractivity contribution in [3.63, 3.8) is 0 Å². The zero-order valence-electron chi connectivity index (χ0n) is 16.0. The van der Waals surface area contributed by atoms with E-state index in [0.29, 0.717) is 25.1 Å². The molecule has 2 heterocycles. The normalized spacial score (nSPS) is 18.9. The number of hydrogen-bond donors (Lipinski definition) is 1. The SMILES string of the molecule is CN(C)S(=O)(=O)N1CCCC(C(=O)Nc2ccc3c(c2)n(C)c(=O)n3C)C1. The number of anilines is 1. The van der Waals surface area contributed by atoms with E-state index in [2.05, 4.69) is 5.32 Å². The molecule has 1 aromatic heterocycles. The lowest BCUT2D eigenvalue weighted by atomic mass is 9.98. The number of fused-ring (bicyclic) bond motifs is 1. The van der Waals surface area contributed by atoms with Crippen molar-refractivity contribution < 1.29 is 13.2 Å². The van der Waals surface area contributed by atoms with E-state index in [1.165, 1.54) is 23.0 Å².